The number of hydrogen-bond donors (Lipinski definition) is 3. The highest BCUT2D eigenvalue weighted by molar-refractivity contribution is 6.32. The van der Waals surface area contributed by atoms with Crippen LogP contribution < -0.4 is 9.47 Å². The van der Waals surface area contributed by atoms with Gasteiger partial charge in [-0.15, -0.1) is 0 Å². The number of ether oxygens (including phenoxy) is 2. The Morgan fingerprint density at radius 2 is 1.58 bits per heavy atom. The zero-order chi connectivity index (χ0) is 35.5. The summed E-state index contributed by atoms with van der Waals surface area (Å²) in [7, 11) is 0. The highest BCUT2D eigenvalue weighted by Crippen LogP contribution is 2.41. The van der Waals surface area contributed by atoms with Crippen LogP contribution in [-0.4, -0.2) is 99.1 Å². The fourth-order valence-electron chi connectivity index (χ4n) is 6.99. The minimum Gasteiger partial charge on any atom is -0.490 e. The lowest BCUT2D eigenvalue weighted by Gasteiger charge is -2.49. The number of halogens is 1. The number of nitrogens with zero attached hydrogens (tertiary/aromatic N) is 3. The molecule has 2 atom stereocenters. The van der Waals surface area contributed by atoms with Gasteiger partial charge < -0.3 is 34.6 Å². The minimum absolute atomic E-state index is 0.00962. The predicted octanol–water partition coefficient (Wildman–Crippen LogP) is 6.01. The first-order valence-electron chi connectivity index (χ1n) is 16.9. The van der Waals surface area contributed by atoms with Crippen LogP contribution in [0.25, 0.3) is 5.57 Å². The third-order valence-electron chi connectivity index (χ3n) is 9.82. The summed E-state index contributed by atoms with van der Waals surface area (Å²) in [5.41, 5.74) is 5.77. The Morgan fingerprint density at radius 3 is 2.24 bits per heavy atom. The Bertz CT molecular complexity index is 1790. The number of benzene rings is 3. The normalized spacial score (nSPS) is 18.6. The molecule has 12 heteroatoms. The van der Waals surface area contributed by atoms with Gasteiger partial charge in [-0.25, -0.2) is 9.59 Å². The lowest BCUT2D eigenvalue weighted by Crippen LogP contribution is -2.65. The van der Waals surface area contributed by atoms with Crippen molar-refractivity contribution in [1.29, 1.82) is 0 Å². The number of carbonyl (C=O) groups is 3. The number of aliphatic hydroxyl groups is 1. The molecule has 11 nitrogen and oxygen atoms in total. The summed E-state index contributed by atoms with van der Waals surface area (Å²) in [6, 6.07) is 17.1. The molecule has 1 aliphatic carbocycles. The molecule has 0 aromatic heterocycles. The van der Waals surface area contributed by atoms with E-state index < -0.39 is 24.3 Å². The van der Waals surface area contributed by atoms with E-state index in [4.69, 9.17) is 21.1 Å². The second kappa shape index (κ2) is 15.0. The molecule has 264 valence electrons. The molecule has 3 N–H and O–H groups in total. The van der Waals surface area contributed by atoms with Crippen molar-refractivity contribution in [3.8, 4) is 11.5 Å². The third-order valence-corrected chi connectivity index (χ3v) is 10.1. The molecule has 3 aromatic rings. The number of rotatable bonds is 12. The molecule has 3 aliphatic rings. The molecule has 2 aliphatic heterocycles. The van der Waals surface area contributed by atoms with Crippen LogP contribution in [0.1, 0.15) is 47.1 Å². The number of aliphatic hydroxyl groups excluding tert-OH is 1. The molecular formula is C38H42ClN3O8. The highest BCUT2D eigenvalue weighted by atomic mass is 35.5. The van der Waals surface area contributed by atoms with Gasteiger partial charge in [-0.1, -0.05) is 48.0 Å². The third kappa shape index (κ3) is 7.53. The van der Waals surface area contributed by atoms with Crippen molar-refractivity contribution in [2.45, 2.75) is 64.2 Å². The fraction of sp³-hybridized carbons (Fsp3) is 0.395. The van der Waals surface area contributed by atoms with Gasteiger partial charge in [-0.3, -0.25) is 9.69 Å². The number of carboxylic acid groups (broad SMARTS) is 2. The van der Waals surface area contributed by atoms with Crippen LogP contribution in [0.5, 0.6) is 11.5 Å². The van der Waals surface area contributed by atoms with Crippen molar-refractivity contribution in [3.63, 3.8) is 0 Å². The molecule has 2 fully saturated rings. The number of hydrogen-bond acceptors (Lipinski definition) is 6. The summed E-state index contributed by atoms with van der Waals surface area (Å²) in [5.74, 6) is 0.887. The molecule has 0 radical (unpaired) electrons. The summed E-state index contributed by atoms with van der Waals surface area (Å²) in [5, 5.41) is 30.4. The molecule has 1 saturated carbocycles. The van der Waals surface area contributed by atoms with Gasteiger partial charge in [0.1, 0.15) is 24.7 Å². The van der Waals surface area contributed by atoms with Gasteiger partial charge in [0.05, 0.1) is 17.1 Å². The van der Waals surface area contributed by atoms with E-state index in [1.807, 2.05) is 62.4 Å². The summed E-state index contributed by atoms with van der Waals surface area (Å²) in [6.07, 6.45) is -0.0751. The van der Waals surface area contributed by atoms with E-state index in [1.54, 1.807) is 17.0 Å². The highest BCUT2D eigenvalue weighted by Gasteiger charge is 2.49. The first-order chi connectivity index (χ1) is 24.0. The SMILES string of the molecule is Cc1cc(Cl)c(OCCOc2ccc(C3=C(C(=O)N(Cc4ccccc4CCO)C4CC4)[C@H]4CN(C(=O)O)C[C@@H](C3)N4C(=O)O)cc2)cc1C. The first-order valence-corrected chi connectivity index (χ1v) is 17.3. The first kappa shape index (κ1) is 35.1. The Labute approximate surface area is 296 Å². The van der Waals surface area contributed by atoms with E-state index in [-0.39, 0.29) is 51.3 Å². The molecular weight excluding hydrogens is 662 g/mol. The predicted molar refractivity (Wildman–Crippen MR) is 188 cm³/mol. The molecule has 3 amide bonds. The van der Waals surface area contributed by atoms with E-state index in [0.717, 1.165) is 40.7 Å². The molecule has 0 unspecified atom stereocenters. The van der Waals surface area contributed by atoms with Crippen molar-refractivity contribution < 1.29 is 39.2 Å². The lowest BCUT2D eigenvalue weighted by atomic mass is 9.81. The zero-order valence-corrected chi connectivity index (χ0v) is 28.9. The Hall–Kier alpha value is -4.74. The number of fused-ring (bicyclic) bond motifs is 2. The van der Waals surface area contributed by atoms with E-state index in [1.165, 1.54) is 9.80 Å². The van der Waals surface area contributed by atoms with Crippen LogP contribution >= 0.6 is 11.6 Å². The molecule has 2 heterocycles. The van der Waals surface area contributed by atoms with Crippen molar-refractivity contribution in [2.24, 2.45) is 0 Å². The average Bonchev–Trinajstić information content (AvgIpc) is 3.93. The zero-order valence-electron chi connectivity index (χ0n) is 28.2. The maximum absolute atomic E-state index is 14.8. The average molecular weight is 704 g/mol. The minimum atomic E-state index is -1.19. The van der Waals surface area contributed by atoms with Crippen molar-refractivity contribution >= 4 is 35.3 Å². The Morgan fingerprint density at radius 1 is 0.900 bits per heavy atom. The Kier molecular flexibility index (Phi) is 10.5. The van der Waals surface area contributed by atoms with Crippen LogP contribution in [0.4, 0.5) is 9.59 Å². The van der Waals surface area contributed by atoms with Crippen LogP contribution in [0.2, 0.25) is 5.02 Å². The van der Waals surface area contributed by atoms with Gasteiger partial charge in [0, 0.05) is 37.9 Å². The van der Waals surface area contributed by atoms with Gasteiger partial charge in [0.25, 0.3) is 5.91 Å². The molecule has 6 rings (SSSR count). The second-order valence-electron chi connectivity index (χ2n) is 13.1. The van der Waals surface area contributed by atoms with Gasteiger partial charge >= 0.3 is 12.2 Å². The topological polar surface area (TPSA) is 140 Å². The van der Waals surface area contributed by atoms with Gasteiger partial charge in [-0.05, 0) is 97.2 Å². The van der Waals surface area contributed by atoms with Crippen molar-refractivity contribution in [2.75, 3.05) is 32.9 Å². The maximum atomic E-state index is 14.8. The van der Waals surface area contributed by atoms with E-state index in [2.05, 4.69) is 0 Å². The van der Waals surface area contributed by atoms with Crippen molar-refractivity contribution in [3.05, 3.63) is 99.1 Å². The van der Waals surface area contributed by atoms with E-state index >= 15 is 0 Å². The molecule has 2 bridgehead atoms. The van der Waals surface area contributed by atoms with Crippen LogP contribution in [0, 0.1) is 13.8 Å². The standard InChI is InChI=1S/C38H42ClN3O8/c1-23-17-32(39)34(18-24(23)2)50-16-15-49-30-11-7-26(8-12-30)31-19-29-21-40(37(45)46)22-33(42(29)38(47)48)35(31)36(44)41(28-9-10-28)20-27-6-4-3-5-25(27)13-14-43/h3-8,11-12,17-18,28-29,33,43H,9-10,13-16,19-22H2,1-2H3,(H,45,46)(H,47,48)/t29-,33-/m1/s1. The summed E-state index contributed by atoms with van der Waals surface area (Å²) < 4.78 is 11.8. The summed E-state index contributed by atoms with van der Waals surface area (Å²) in [4.78, 5) is 43.9. The lowest BCUT2D eigenvalue weighted by molar-refractivity contribution is -0.129. The van der Waals surface area contributed by atoms with Crippen molar-refractivity contribution in [1.82, 2.24) is 14.7 Å². The molecule has 50 heavy (non-hydrogen) atoms. The van der Waals surface area contributed by atoms with Gasteiger partial charge in [-0.2, -0.15) is 0 Å². The number of aryl methyl sites for hydroxylation is 2. The number of piperazine rings is 1. The number of carbonyl (C=O) groups excluding carboxylic acids is 1. The fourth-order valence-corrected chi connectivity index (χ4v) is 7.27. The van der Waals surface area contributed by atoms with E-state index in [9.17, 15) is 29.7 Å². The summed E-state index contributed by atoms with van der Waals surface area (Å²) >= 11 is 6.33. The second-order valence-corrected chi connectivity index (χ2v) is 13.5. The maximum Gasteiger partial charge on any atom is 0.408 e. The largest absolute Gasteiger partial charge is 0.490 e. The van der Waals surface area contributed by atoms with Gasteiger partial charge in [0.15, 0.2) is 0 Å². The van der Waals surface area contributed by atoms with Gasteiger partial charge in [0.2, 0.25) is 0 Å². The monoisotopic (exact) mass is 703 g/mol. The molecule has 3 aromatic carbocycles. The quantitative estimate of drug-likeness (QED) is 0.195. The molecule has 0 spiro atoms. The van der Waals surface area contributed by atoms with Crippen LogP contribution in [0.3, 0.4) is 0 Å². The number of amides is 3. The van der Waals surface area contributed by atoms with Crippen LogP contribution in [0.15, 0.2) is 66.2 Å². The van der Waals surface area contributed by atoms with E-state index in [0.29, 0.717) is 40.6 Å². The summed E-state index contributed by atoms with van der Waals surface area (Å²) in [6.45, 7) is 4.66. The molecule has 1 saturated heterocycles. The van der Waals surface area contributed by atoms with Crippen LogP contribution in [-0.2, 0) is 17.8 Å². The smallest absolute Gasteiger partial charge is 0.408 e. The Balaban J connectivity index is 1.29.